The maximum absolute atomic E-state index is 11.8. The normalized spacial score (nSPS) is 10.2. The fraction of sp³-hybridized carbons (Fsp3) is 0.0909. The summed E-state index contributed by atoms with van der Waals surface area (Å²) in [5.41, 5.74) is 0.845. The number of non-ortho nitro benzene ring substituents is 1. The van der Waals surface area contributed by atoms with E-state index in [0.717, 1.165) is 0 Å². The molecular formula is C11H9N3O3. The second-order valence-electron chi connectivity index (χ2n) is 3.53. The first-order valence-corrected chi connectivity index (χ1v) is 4.85. The molecule has 0 atom stereocenters. The van der Waals surface area contributed by atoms with Crippen molar-refractivity contribution >= 4 is 5.69 Å². The van der Waals surface area contributed by atoms with E-state index in [1.54, 1.807) is 7.05 Å². The third-order valence-electron chi connectivity index (χ3n) is 2.38. The van der Waals surface area contributed by atoms with Gasteiger partial charge in [0.15, 0.2) is 0 Å². The number of aromatic nitrogens is 2. The Kier molecular flexibility index (Phi) is 2.70. The fourth-order valence-corrected chi connectivity index (χ4v) is 1.47. The number of nitrogens with zero attached hydrogens (tertiary/aromatic N) is 3. The van der Waals surface area contributed by atoms with Crippen molar-refractivity contribution in [2.45, 2.75) is 0 Å². The van der Waals surface area contributed by atoms with Crippen LogP contribution < -0.4 is 5.56 Å². The molecule has 6 nitrogen and oxygen atoms in total. The molecule has 0 radical (unpaired) electrons. The molecule has 0 N–H and O–H groups in total. The Morgan fingerprint density at radius 2 is 1.94 bits per heavy atom. The summed E-state index contributed by atoms with van der Waals surface area (Å²) in [6.45, 7) is 0. The van der Waals surface area contributed by atoms with Crippen LogP contribution in [0.3, 0.4) is 0 Å². The number of hydrogen-bond donors (Lipinski definition) is 0. The predicted octanol–water partition coefficient (Wildman–Crippen LogP) is 1.36. The molecule has 86 valence electrons. The van der Waals surface area contributed by atoms with Crippen molar-refractivity contribution in [2.24, 2.45) is 7.05 Å². The predicted molar refractivity (Wildman–Crippen MR) is 61.6 cm³/mol. The highest BCUT2D eigenvalue weighted by atomic mass is 16.6. The molecule has 6 heteroatoms. The van der Waals surface area contributed by atoms with Crippen LogP contribution in [0, 0.1) is 10.1 Å². The Hall–Kier alpha value is -2.50. The van der Waals surface area contributed by atoms with E-state index in [-0.39, 0.29) is 11.2 Å². The molecule has 0 aliphatic heterocycles. The molecule has 0 fully saturated rings. The van der Waals surface area contributed by atoms with Gasteiger partial charge in [-0.3, -0.25) is 14.9 Å². The minimum Gasteiger partial charge on any atom is -0.302 e. The van der Waals surface area contributed by atoms with E-state index >= 15 is 0 Å². The molecule has 1 aromatic carbocycles. The molecular weight excluding hydrogens is 222 g/mol. The van der Waals surface area contributed by atoms with Crippen LogP contribution in [0.4, 0.5) is 5.69 Å². The zero-order valence-corrected chi connectivity index (χ0v) is 9.03. The molecule has 0 unspecified atom stereocenters. The Labute approximate surface area is 96.3 Å². The van der Waals surface area contributed by atoms with Gasteiger partial charge < -0.3 is 4.57 Å². The van der Waals surface area contributed by atoms with E-state index in [4.69, 9.17) is 0 Å². The lowest BCUT2D eigenvalue weighted by Crippen LogP contribution is -2.18. The molecule has 0 spiro atoms. The molecule has 0 amide bonds. The minimum atomic E-state index is -0.481. The second-order valence-corrected chi connectivity index (χ2v) is 3.53. The van der Waals surface area contributed by atoms with Gasteiger partial charge in [0.1, 0.15) is 0 Å². The van der Waals surface area contributed by atoms with Gasteiger partial charge in [-0.1, -0.05) is 0 Å². The van der Waals surface area contributed by atoms with Crippen molar-refractivity contribution < 1.29 is 4.92 Å². The summed E-state index contributed by atoms with van der Waals surface area (Å²) in [5.74, 6) is 0. The van der Waals surface area contributed by atoms with E-state index in [0.29, 0.717) is 11.1 Å². The summed E-state index contributed by atoms with van der Waals surface area (Å²) in [5, 5.41) is 10.5. The van der Waals surface area contributed by atoms with Crippen molar-refractivity contribution in [1.82, 2.24) is 9.55 Å². The van der Waals surface area contributed by atoms with E-state index in [1.807, 2.05) is 0 Å². The molecule has 0 aliphatic rings. The number of benzene rings is 1. The van der Waals surface area contributed by atoms with Crippen molar-refractivity contribution in [3.8, 4) is 11.1 Å². The van der Waals surface area contributed by atoms with Crippen molar-refractivity contribution in [2.75, 3.05) is 0 Å². The van der Waals surface area contributed by atoms with Crippen LogP contribution >= 0.6 is 0 Å². The monoisotopic (exact) mass is 231 g/mol. The standard InChI is InChI=1S/C11H9N3O3/c1-13-7-12-6-10(11(13)15)8-2-4-9(5-3-8)14(16)17/h2-7H,1H3. The Morgan fingerprint density at radius 1 is 1.29 bits per heavy atom. The molecule has 0 aliphatic carbocycles. The van der Waals surface area contributed by atoms with Crippen LogP contribution in [0.5, 0.6) is 0 Å². The van der Waals surface area contributed by atoms with Gasteiger partial charge in [0.05, 0.1) is 16.8 Å². The minimum absolute atomic E-state index is 0.00513. The van der Waals surface area contributed by atoms with E-state index in [1.165, 1.54) is 41.4 Å². The molecule has 0 saturated carbocycles. The zero-order valence-electron chi connectivity index (χ0n) is 9.03. The van der Waals surface area contributed by atoms with Crippen LogP contribution in [0.1, 0.15) is 0 Å². The summed E-state index contributed by atoms with van der Waals surface area (Å²) in [4.78, 5) is 25.7. The average Bonchev–Trinajstić information content (AvgIpc) is 2.33. The Bertz CT molecular complexity index is 617. The van der Waals surface area contributed by atoms with Gasteiger partial charge in [-0.15, -0.1) is 0 Å². The van der Waals surface area contributed by atoms with Gasteiger partial charge in [-0.25, -0.2) is 4.98 Å². The van der Waals surface area contributed by atoms with Gasteiger partial charge in [-0.05, 0) is 17.7 Å². The van der Waals surface area contributed by atoms with E-state index < -0.39 is 4.92 Å². The van der Waals surface area contributed by atoms with Gasteiger partial charge in [0.25, 0.3) is 11.2 Å². The van der Waals surface area contributed by atoms with Crippen LogP contribution in [0.25, 0.3) is 11.1 Å². The maximum Gasteiger partial charge on any atom is 0.269 e. The molecule has 1 aromatic heterocycles. The summed E-state index contributed by atoms with van der Waals surface area (Å²) >= 11 is 0. The highest BCUT2D eigenvalue weighted by molar-refractivity contribution is 5.62. The quantitative estimate of drug-likeness (QED) is 0.577. The molecule has 0 bridgehead atoms. The first-order chi connectivity index (χ1) is 8.09. The summed E-state index contributed by atoms with van der Waals surface area (Å²) in [6, 6.07) is 5.80. The average molecular weight is 231 g/mol. The Balaban J connectivity index is 2.51. The highest BCUT2D eigenvalue weighted by Gasteiger charge is 2.08. The molecule has 2 rings (SSSR count). The molecule has 1 heterocycles. The molecule has 17 heavy (non-hydrogen) atoms. The smallest absolute Gasteiger partial charge is 0.269 e. The number of nitro groups is 1. The summed E-state index contributed by atoms with van der Waals surface area (Å²) in [6.07, 6.45) is 2.86. The number of hydrogen-bond acceptors (Lipinski definition) is 4. The first kappa shape index (κ1) is 11.0. The first-order valence-electron chi connectivity index (χ1n) is 4.85. The third kappa shape index (κ3) is 2.05. The lowest BCUT2D eigenvalue weighted by molar-refractivity contribution is -0.384. The van der Waals surface area contributed by atoms with Crippen LogP contribution in [-0.4, -0.2) is 14.5 Å². The SMILES string of the molecule is Cn1cncc(-c2ccc([N+](=O)[O-])cc2)c1=O. The van der Waals surface area contributed by atoms with Crippen LogP contribution in [0.15, 0.2) is 41.6 Å². The van der Waals surface area contributed by atoms with Gasteiger partial charge in [-0.2, -0.15) is 0 Å². The van der Waals surface area contributed by atoms with Gasteiger partial charge in [0, 0.05) is 25.4 Å². The maximum atomic E-state index is 11.8. The largest absolute Gasteiger partial charge is 0.302 e. The lowest BCUT2D eigenvalue weighted by Gasteiger charge is -2.02. The van der Waals surface area contributed by atoms with Crippen molar-refractivity contribution in [3.63, 3.8) is 0 Å². The van der Waals surface area contributed by atoms with Crippen LogP contribution in [-0.2, 0) is 7.05 Å². The number of rotatable bonds is 2. The zero-order chi connectivity index (χ0) is 12.4. The fourth-order valence-electron chi connectivity index (χ4n) is 1.47. The van der Waals surface area contributed by atoms with Crippen molar-refractivity contribution in [1.29, 1.82) is 0 Å². The summed E-state index contributed by atoms with van der Waals surface area (Å²) in [7, 11) is 1.60. The topological polar surface area (TPSA) is 78.0 Å². The number of nitro benzene ring substituents is 1. The number of aryl methyl sites for hydroxylation is 1. The van der Waals surface area contributed by atoms with Gasteiger partial charge in [0.2, 0.25) is 0 Å². The second kappa shape index (κ2) is 4.17. The van der Waals surface area contributed by atoms with Gasteiger partial charge >= 0.3 is 0 Å². The van der Waals surface area contributed by atoms with E-state index in [9.17, 15) is 14.9 Å². The highest BCUT2D eigenvalue weighted by Crippen LogP contribution is 2.18. The Morgan fingerprint density at radius 3 is 2.53 bits per heavy atom. The van der Waals surface area contributed by atoms with Crippen molar-refractivity contribution in [3.05, 3.63) is 57.3 Å². The van der Waals surface area contributed by atoms with E-state index in [2.05, 4.69) is 4.98 Å². The lowest BCUT2D eigenvalue weighted by atomic mass is 10.1. The van der Waals surface area contributed by atoms with Crippen LogP contribution in [0.2, 0.25) is 0 Å². The summed E-state index contributed by atoms with van der Waals surface area (Å²) < 4.78 is 1.36. The molecule has 0 saturated heterocycles. The third-order valence-corrected chi connectivity index (χ3v) is 2.38. The molecule has 2 aromatic rings.